The van der Waals surface area contributed by atoms with Crippen molar-refractivity contribution in [1.82, 2.24) is 19.2 Å². The first kappa shape index (κ1) is 12.3. The van der Waals surface area contributed by atoms with Crippen LogP contribution >= 0.6 is 22.7 Å². The second kappa shape index (κ2) is 4.54. The Hall–Kier alpha value is -1.44. The van der Waals surface area contributed by atoms with Crippen LogP contribution in [0.1, 0.15) is 9.67 Å². The molecule has 3 aromatic rings. The Morgan fingerprint density at radius 3 is 2.90 bits per heavy atom. The average molecular weight is 306 g/mol. The van der Waals surface area contributed by atoms with Gasteiger partial charge in [-0.2, -0.15) is 0 Å². The lowest BCUT2D eigenvalue weighted by Crippen LogP contribution is -2.46. The summed E-state index contributed by atoms with van der Waals surface area (Å²) in [6.07, 6.45) is 2.01. The maximum absolute atomic E-state index is 12.5. The third-order valence-electron chi connectivity index (χ3n) is 3.74. The summed E-state index contributed by atoms with van der Waals surface area (Å²) in [5.41, 5.74) is 1.05. The van der Waals surface area contributed by atoms with Crippen molar-refractivity contribution in [2.45, 2.75) is 0 Å². The number of rotatable bonds is 1. The van der Waals surface area contributed by atoms with Gasteiger partial charge in [-0.25, -0.2) is 4.98 Å². The van der Waals surface area contributed by atoms with Crippen molar-refractivity contribution in [1.29, 1.82) is 0 Å². The lowest BCUT2D eigenvalue weighted by atomic mass is 10.3. The van der Waals surface area contributed by atoms with Gasteiger partial charge in [-0.1, -0.05) is 0 Å². The summed E-state index contributed by atoms with van der Waals surface area (Å²) in [6, 6.07) is 1.98. The minimum Gasteiger partial charge on any atom is -0.335 e. The second-order valence-electron chi connectivity index (χ2n) is 5.06. The number of hydrogen-bond acceptors (Lipinski definition) is 5. The van der Waals surface area contributed by atoms with Crippen LogP contribution in [-0.2, 0) is 0 Å². The van der Waals surface area contributed by atoms with Crippen LogP contribution in [0.5, 0.6) is 0 Å². The zero-order valence-electron chi connectivity index (χ0n) is 11.1. The summed E-state index contributed by atoms with van der Waals surface area (Å²) < 4.78 is 2.05. The first-order valence-electron chi connectivity index (χ1n) is 6.55. The van der Waals surface area contributed by atoms with E-state index in [2.05, 4.69) is 21.3 Å². The van der Waals surface area contributed by atoms with Crippen molar-refractivity contribution in [3.8, 4) is 0 Å². The van der Waals surface area contributed by atoms with Crippen molar-refractivity contribution in [2.75, 3.05) is 33.2 Å². The van der Waals surface area contributed by atoms with Gasteiger partial charge < -0.3 is 9.80 Å². The smallest absolute Gasteiger partial charge is 0.264 e. The number of likely N-dealkylation sites (N-methyl/N-ethyl adjacent to an activating group) is 1. The summed E-state index contributed by atoms with van der Waals surface area (Å²) in [5.74, 6) is 0.144. The van der Waals surface area contributed by atoms with Gasteiger partial charge in [0.25, 0.3) is 5.91 Å². The molecule has 1 aliphatic rings. The molecule has 0 unspecified atom stereocenters. The molecule has 1 aliphatic heterocycles. The molecule has 7 heteroatoms. The number of amides is 1. The number of aromatic nitrogens is 2. The Morgan fingerprint density at radius 1 is 1.30 bits per heavy atom. The molecule has 0 saturated carbocycles. The SMILES string of the molecule is CN1CCN(C(=O)c2cc3c(nc4sccn43)s2)CC1. The van der Waals surface area contributed by atoms with Gasteiger partial charge in [0.2, 0.25) is 0 Å². The second-order valence-corrected chi connectivity index (χ2v) is 6.97. The van der Waals surface area contributed by atoms with Crippen LogP contribution in [0.15, 0.2) is 17.6 Å². The topological polar surface area (TPSA) is 40.8 Å². The fourth-order valence-corrected chi connectivity index (χ4v) is 4.29. The maximum atomic E-state index is 12.5. The minimum absolute atomic E-state index is 0.144. The van der Waals surface area contributed by atoms with Gasteiger partial charge in [0, 0.05) is 37.8 Å². The fourth-order valence-electron chi connectivity index (χ4n) is 2.52. The third-order valence-corrected chi connectivity index (χ3v) is 5.50. The molecule has 0 bridgehead atoms. The Morgan fingerprint density at radius 2 is 2.10 bits per heavy atom. The molecule has 3 aromatic heterocycles. The van der Waals surface area contributed by atoms with Gasteiger partial charge in [-0.3, -0.25) is 9.20 Å². The van der Waals surface area contributed by atoms with E-state index >= 15 is 0 Å². The molecular weight excluding hydrogens is 292 g/mol. The molecule has 0 aliphatic carbocycles. The number of piperazine rings is 1. The molecule has 5 nitrogen and oxygen atoms in total. The zero-order chi connectivity index (χ0) is 13.7. The Balaban J connectivity index is 1.67. The van der Waals surface area contributed by atoms with Crippen LogP contribution < -0.4 is 0 Å². The molecule has 4 rings (SSSR count). The monoisotopic (exact) mass is 306 g/mol. The van der Waals surface area contributed by atoms with Gasteiger partial charge in [0.1, 0.15) is 4.83 Å². The lowest BCUT2D eigenvalue weighted by Gasteiger charge is -2.32. The van der Waals surface area contributed by atoms with E-state index in [1.54, 1.807) is 11.3 Å². The van der Waals surface area contributed by atoms with Crippen LogP contribution in [0.4, 0.5) is 0 Å². The van der Waals surface area contributed by atoms with Crippen molar-refractivity contribution in [3.05, 3.63) is 22.5 Å². The number of fused-ring (bicyclic) bond motifs is 3. The van der Waals surface area contributed by atoms with Crippen LogP contribution in [0.2, 0.25) is 0 Å². The van der Waals surface area contributed by atoms with Crippen LogP contribution in [0.25, 0.3) is 15.3 Å². The Bertz CT molecular complexity index is 779. The van der Waals surface area contributed by atoms with Crippen LogP contribution in [-0.4, -0.2) is 58.3 Å². The van der Waals surface area contributed by atoms with E-state index in [0.29, 0.717) is 0 Å². The van der Waals surface area contributed by atoms with E-state index in [9.17, 15) is 4.79 Å². The molecule has 104 valence electrons. The van der Waals surface area contributed by atoms with Crippen LogP contribution in [0.3, 0.4) is 0 Å². The number of thiophene rings is 1. The third kappa shape index (κ3) is 1.85. The van der Waals surface area contributed by atoms with Crippen molar-refractivity contribution in [2.24, 2.45) is 0 Å². The molecule has 0 atom stereocenters. The molecular formula is C13H14N4OS2. The van der Waals surface area contributed by atoms with Gasteiger partial charge in [-0.15, -0.1) is 22.7 Å². The number of imidazole rings is 1. The Kier molecular flexibility index (Phi) is 2.80. The number of hydrogen-bond donors (Lipinski definition) is 0. The summed E-state index contributed by atoms with van der Waals surface area (Å²) in [7, 11) is 2.09. The number of carbonyl (C=O) groups is 1. The quantitative estimate of drug-likeness (QED) is 0.690. The summed E-state index contributed by atoms with van der Waals surface area (Å²) in [5, 5.41) is 2.02. The highest BCUT2D eigenvalue weighted by Gasteiger charge is 2.23. The number of carbonyl (C=O) groups excluding carboxylic acids is 1. The minimum atomic E-state index is 0.144. The molecule has 0 radical (unpaired) electrons. The van der Waals surface area contributed by atoms with Gasteiger partial charge in [-0.05, 0) is 13.1 Å². The standard InChI is InChI=1S/C13H14N4OS2/c1-15-2-4-16(5-3-15)12(18)10-8-9-11(20-10)14-13-17(9)6-7-19-13/h6-8H,2-5H2,1H3. The van der Waals surface area contributed by atoms with Crippen molar-refractivity contribution >= 4 is 43.9 Å². The summed E-state index contributed by atoms with van der Waals surface area (Å²) in [4.78, 5) is 24.0. The van der Waals surface area contributed by atoms with Gasteiger partial charge in [0.15, 0.2) is 4.96 Å². The number of thiazole rings is 1. The highest BCUT2D eigenvalue weighted by Crippen LogP contribution is 2.29. The normalized spacial score (nSPS) is 17.4. The van der Waals surface area contributed by atoms with E-state index in [-0.39, 0.29) is 5.91 Å². The van der Waals surface area contributed by atoms with E-state index in [1.807, 2.05) is 22.5 Å². The molecule has 4 heterocycles. The van der Waals surface area contributed by atoms with E-state index in [4.69, 9.17) is 0 Å². The fraction of sp³-hybridized carbons (Fsp3) is 0.385. The maximum Gasteiger partial charge on any atom is 0.264 e. The first-order valence-corrected chi connectivity index (χ1v) is 8.25. The molecule has 1 saturated heterocycles. The predicted octanol–water partition coefficient (Wildman–Crippen LogP) is 2.00. The van der Waals surface area contributed by atoms with Crippen molar-refractivity contribution < 1.29 is 4.79 Å². The Labute approximate surface area is 124 Å². The van der Waals surface area contributed by atoms with Gasteiger partial charge in [0.05, 0.1) is 10.4 Å². The van der Waals surface area contributed by atoms with E-state index in [0.717, 1.165) is 46.4 Å². The molecule has 20 heavy (non-hydrogen) atoms. The van der Waals surface area contributed by atoms with Crippen molar-refractivity contribution in [3.63, 3.8) is 0 Å². The lowest BCUT2D eigenvalue weighted by molar-refractivity contribution is 0.0669. The predicted molar refractivity (Wildman–Crippen MR) is 81.9 cm³/mol. The average Bonchev–Trinajstić information content (AvgIpc) is 3.09. The van der Waals surface area contributed by atoms with Crippen LogP contribution in [0, 0.1) is 0 Å². The molecule has 0 aromatic carbocycles. The largest absolute Gasteiger partial charge is 0.335 e. The zero-order valence-corrected chi connectivity index (χ0v) is 12.7. The molecule has 0 N–H and O–H groups in total. The first-order chi connectivity index (χ1) is 9.72. The molecule has 0 spiro atoms. The van der Waals surface area contributed by atoms with E-state index < -0.39 is 0 Å². The summed E-state index contributed by atoms with van der Waals surface area (Å²) in [6.45, 7) is 3.52. The highest BCUT2D eigenvalue weighted by molar-refractivity contribution is 7.21. The highest BCUT2D eigenvalue weighted by atomic mass is 32.1. The van der Waals surface area contributed by atoms with E-state index in [1.165, 1.54) is 11.3 Å². The molecule has 1 amide bonds. The molecule has 1 fully saturated rings. The van der Waals surface area contributed by atoms with Gasteiger partial charge >= 0.3 is 0 Å². The summed E-state index contributed by atoms with van der Waals surface area (Å²) >= 11 is 3.12. The number of nitrogens with zero attached hydrogens (tertiary/aromatic N) is 4.